The first kappa shape index (κ1) is 22.6. The van der Waals surface area contributed by atoms with E-state index < -0.39 is 0 Å². The van der Waals surface area contributed by atoms with Gasteiger partial charge in [0.05, 0.1) is 0 Å². The van der Waals surface area contributed by atoms with E-state index in [1.807, 2.05) is 6.07 Å². The van der Waals surface area contributed by atoms with E-state index in [0.717, 1.165) is 57.2 Å². The van der Waals surface area contributed by atoms with Crippen LogP contribution in [0.15, 0.2) is 60.7 Å². The molecule has 0 atom stereocenters. The first-order valence-electron chi connectivity index (χ1n) is 12.3. The van der Waals surface area contributed by atoms with Crippen molar-refractivity contribution in [3.63, 3.8) is 0 Å². The minimum Gasteiger partial charge on any atom is -0.362 e. The molecule has 2 N–H and O–H groups in total. The van der Waals surface area contributed by atoms with Crippen LogP contribution in [0.3, 0.4) is 0 Å². The van der Waals surface area contributed by atoms with Crippen LogP contribution in [0.25, 0.3) is 0 Å². The number of piperidine rings is 1. The van der Waals surface area contributed by atoms with Crippen LogP contribution in [-0.4, -0.2) is 34.7 Å². The maximum atomic E-state index is 5.57. The molecule has 3 heterocycles. The number of anilines is 3. The Morgan fingerprint density at radius 1 is 0.824 bits per heavy atom. The third kappa shape index (κ3) is 5.65. The summed E-state index contributed by atoms with van der Waals surface area (Å²) in [7, 11) is 0. The molecule has 0 bridgehead atoms. The third-order valence-electron chi connectivity index (χ3n) is 6.54. The van der Waals surface area contributed by atoms with Gasteiger partial charge in [-0.05, 0) is 61.0 Å². The molecule has 6 nitrogen and oxygen atoms in total. The van der Waals surface area contributed by atoms with Crippen molar-refractivity contribution in [3.05, 3.63) is 77.4 Å². The second kappa shape index (κ2) is 10.8. The lowest BCUT2D eigenvalue weighted by Gasteiger charge is -2.29. The van der Waals surface area contributed by atoms with Crippen LogP contribution in [0.2, 0.25) is 0 Å². The molecule has 34 heavy (non-hydrogen) atoms. The van der Waals surface area contributed by atoms with Gasteiger partial charge in [0.15, 0.2) is 5.11 Å². The van der Waals surface area contributed by atoms with E-state index in [0.29, 0.717) is 11.1 Å². The van der Waals surface area contributed by atoms with E-state index in [9.17, 15) is 0 Å². The Hall–Kier alpha value is -3.19. The van der Waals surface area contributed by atoms with E-state index >= 15 is 0 Å². The second-order valence-electron chi connectivity index (χ2n) is 9.05. The monoisotopic (exact) mass is 472 g/mol. The number of thiocarbonyl (C=S) groups is 1. The van der Waals surface area contributed by atoms with Gasteiger partial charge in [0.1, 0.15) is 11.6 Å². The van der Waals surface area contributed by atoms with E-state index in [1.165, 1.54) is 36.0 Å². The van der Waals surface area contributed by atoms with E-state index in [2.05, 4.69) is 75.0 Å². The number of aromatic nitrogens is 2. The highest BCUT2D eigenvalue weighted by Crippen LogP contribution is 2.30. The van der Waals surface area contributed by atoms with Crippen LogP contribution in [0.1, 0.15) is 42.4 Å². The average molecular weight is 473 g/mol. The zero-order valence-corrected chi connectivity index (χ0v) is 20.4. The molecule has 7 heteroatoms. The fraction of sp³-hybridized carbons (Fsp3) is 0.370. The molecule has 0 radical (unpaired) electrons. The van der Waals surface area contributed by atoms with Gasteiger partial charge in [0.25, 0.3) is 0 Å². The summed E-state index contributed by atoms with van der Waals surface area (Å²) >= 11 is 5.57. The predicted octanol–water partition coefficient (Wildman–Crippen LogP) is 4.91. The van der Waals surface area contributed by atoms with Crippen LogP contribution >= 0.6 is 12.2 Å². The summed E-state index contributed by atoms with van der Waals surface area (Å²) in [4.78, 5) is 14.4. The number of benzene rings is 2. The highest BCUT2D eigenvalue weighted by molar-refractivity contribution is 7.80. The molecule has 0 aliphatic carbocycles. The second-order valence-corrected chi connectivity index (χ2v) is 9.46. The lowest BCUT2D eigenvalue weighted by Crippen LogP contribution is -2.33. The molecule has 0 unspecified atom stereocenters. The first-order valence-corrected chi connectivity index (χ1v) is 12.7. The average Bonchev–Trinajstić information content (AvgIpc) is 3.32. The lowest BCUT2D eigenvalue weighted by atomic mass is 10.1. The van der Waals surface area contributed by atoms with Gasteiger partial charge in [-0.15, -0.1) is 0 Å². The van der Waals surface area contributed by atoms with Crippen molar-refractivity contribution >= 4 is 34.9 Å². The minimum atomic E-state index is 0.564. The molecular weight excluding hydrogens is 440 g/mol. The maximum Gasteiger partial charge on any atom is 0.232 e. The van der Waals surface area contributed by atoms with Crippen LogP contribution in [-0.2, 0) is 19.5 Å². The van der Waals surface area contributed by atoms with Crippen molar-refractivity contribution in [2.75, 3.05) is 34.8 Å². The Morgan fingerprint density at radius 2 is 1.47 bits per heavy atom. The molecule has 0 amide bonds. The van der Waals surface area contributed by atoms with Crippen LogP contribution in [0, 0.1) is 0 Å². The van der Waals surface area contributed by atoms with E-state index in [1.54, 1.807) is 0 Å². The summed E-state index contributed by atoms with van der Waals surface area (Å²) in [5.74, 6) is 2.49. The van der Waals surface area contributed by atoms with Crippen molar-refractivity contribution in [2.24, 2.45) is 0 Å². The van der Waals surface area contributed by atoms with Crippen molar-refractivity contribution in [3.8, 4) is 0 Å². The number of nitrogens with zero attached hydrogens (tertiary/aromatic N) is 4. The summed E-state index contributed by atoms with van der Waals surface area (Å²) in [5.41, 5.74) is 4.08. The van der Waals surface area contributed by atoms with Gasteiger partial charge >= 0.3 is 0 Å². The van der Waals surface area contributed by atoms with E-state index in [-0.39, 0.29) is 0 Å². The molecule has 2 aliphatic heterocycles. The third-order valence-corrected chi connectivity index (χ3v) is 6.79. The standard InChI is InChI=1S/C27H32N6S/c34-27(28-15-9-12-21-10-3-1-4-11-21)31-26-29-24(32-16-7-2-8-17-32)18-25(30-26)33-19-22-13-5-6-14-23(22)20-33/h1,3-6,10-11,13-14,18H,2,7-9,12,15-17,19-20H2,(H2,28,29,30,31,34). The Bertz CT molecular complexity index is 1090. The Kier molecular flexibility index (Phi) is 7.19. The normalized spacial score (nSPS) is 15.2. The number of hydrogen-bond donors (Lipinski definition) is 2. The largest absolute Gasteiger partial charge is 0.362 e. The first-order chi connectivity index (χ1) is 16.7. The topological polar surface area (TPSA) is 56.3 Å². The summed E-state index contributed by atoms with van der Waals surface area (Å²) in [6, 6.07) is 21.3. The highest BCUT2D eigenvalue weighted by atomic mass is 32.1. The minimum absolute atomic E-state index is 0.564. The summed E-state index contributed by atoms with van der Waals surface area (Å²) in [6.07, 6.45) is 5.74. The molecule has 1 fully saturated rings. The molecular formula is C27H32N6S. The fourth-order valence-electron chi connectivity index (χ4n) is 4.70. The van der Waals surface area contributed by atoms with E-state index in [4.69, 9.17) is 22.2 Å². The van der Waals surface area contributed by atoms with Crippen molar-refractivity contribution < 1.29 is 0 Å². The molecule has 176 valence electrons. The maximum absolute atomic E-state index is 5.57. The lowest BCUT2D eigenvalue weighted by molar-refractivity contribution is 0.573. The summed E-state index contributed by atoms with van der Waals surface area (Å²) < 4.78 is 0. The van der Waals surface area contributed by atoms with Gasteiger partial charge in [0.2, 0.25) is 5.95 Å². The number of rotatable bonds is 7. The van der Waals surface area contributed by atoms with Gasteiger partial charge in [0, 0.05) is 38.8 Å². The summed E-state index contributed by atoms with van der Waals surface area (Å²) in [6.45, 7) is 4.62. The zero-order chi connectivity index (χ0) is 23.2. The van der Waals surface area contributed by atoms with Crippen LogP contribution in [0.5, 0.6) is 0 Å². The Morgan fingerprint density at radius 3 is 2.18 bits per heavy atom. The van der Waals surface area contributed by atoms with Crippen molar-refractivity contribution in [1.29, 1.82) is 0 Å². The quantitative estimate of drug-likeness (QED) is 0.374. The Labute approximate surface area is 207 Å². The molecule has 3 aromatic rings. The fourth-order valence-corrected chi connectivity index (χ4v) is 4.90. The smallest absolute Gasteiger partial charge is 0.232 e. The highest BCUT2D eigenvalue weighted by Gasteiger charge is 2.22. The van der Waals surface area contributed by atoms with Gasteiger partial charge in [-0.3, -0.25) is 0 Å². The molecule has 5 rings (SSSR count). The molecule has 0 spiro atoms. The number of hydrogen-bond acceptors (Lipinski definition) is 5. The zero-order valence-electron chi connectivity index (χ0n) is 19.5. The molecule has 1 saturated heterocycles. The molecule has 0 saturated carbocycles. The SMILES string of the molecule is S=C(NCCCc1ccccc1)Nc1nc(N2CCCCC2)cc(N2Cc3ccccc3C2)n1. The number of nitrogens with one attached hydrogen (secondary N) is 2. The molecule has 2 aromatic carbocycles. The van der Waals surface area contributed by atoms with Gasteiger partial charge < -0.3 is 20.4 Å². The van der Waals surface area contributed by atoms with Crippen LogP contribution < -0.4 is 20.4 Å². The predicted molar refractivity (Wildman–Crippen MR) is 143 cm³/mol. The van der Waals surface area contributed by atoms with Gasteiger partial charge in [-0.2, -0.15) is 9.97 Å². The Balaban J connectivity index is 1.26. The number of aryl methyl sites for hydroxylation is 1. The molecule has 1 aromatic heterocycles. The van der Waals surface area contributed by atoms with Crippen molar-refractivity contribution in [1.82, 2.24) is 15.3 Å². The van der Waals surface area contributed by atoms with Gasteiger partial charge in [-0.25, -0.2) is 0 Å². The van der Waals surface area contributed by atoms with Gasteiger partial charge in [-0.1, -0.05) is 54.6 Å². The molecule has 2 aliphatic rings. The summed E-state index contributed by atoms with van der Waals surface area (Å²) in [5, 5.41) is 7.14. The van der Waals surface area contributed by atoms with Crippen LogP contribution in [0.4, 0.5) is 17.6 Å². The number of fused-ring (bicyclic) bond motifs is 1. The van der Waals surface area contributed by atoms with Crippen molar-refractivity contribution in [2.45, 2.75) is 45.2 Å².